The van der Waals surface area contributed by atoms with Gasteiger partial charge < -0.3 is 14.2 Å². The van der Waals surface area contributed by atoms with Crippen LogP contribution in [0.15, 0.2) is 46.9 Å². The van der Waals surface area contributed by atoms with Gasteiger partial charge in [-0.15, -0.1) is 0 Å². The average Bonchev–Trinajstić information content (AvgIpc) is 2.57. The maximum absolute atomic E-state index is 11.3. The van der Waals surface area contributed by atoms with Crippen LogP contribution in [-0.2, 0) is 9.53 Å². The molecule has 0 radical (unpaired) electrons. The van der Waals surface area contributed by atoms with E-state index in [4.69, 9.17) is 9.47 Å². The Morgan fingerprint density at radius 3 is 2.38 bits per heavy atom. The zero-order valence-electron chi connectivity index (χ0n) is 12.9. The van der Waals surface area contributed by atoms with Crippen molar-refractivity contribution in [2.24, 2.45) is 0 Å². The lowest BCUT2D eigenvalue weighted by Gasteiger charge is -2.13. The number of nitrogens with zero attached hydrogens (tertiary/aromatic N) is 1. The standard InChI is InChI=1S/C16H14BrNO6/c1-10(16(19)22-2)23-12-4-6-13(7-5-12)24-15-8-3-11(17)9-14(15)18(20)21/h3-10H,1-2H3. The summed E-state index contributed by atoms with van der Waals surface area (Å²) in [6.07, 6.45) is -0.741. The van der Waals surface area contributed by atoms with Crippen molar-refractivity contribution in [2.45, 2.75) is 13.0 Å². The van der Waals surface area contributed by atoms with Crippen LogP contribution in [0.4, 0.5) is 5.69 Å². The third-order valence-corrected chi connectivity index (χ3v) is 3.51. The van der Waals surface area contributed by atoms with Crippen LogP contribution in [0.1, 0.15) is 6.92 Å². The molecule has 0 amide bonds. The van der Waals surface area contributed by atoms with Gasteiger partial charge in [0.1, 0.15) is 11.5 Å². The van der Waals surface area contributed by atoms with Crippen molar-refractivity contribution < 1.29 is 23.9 Å². The highest BCUT2D eigenvalue weighted by molar-refractivity contribution is 9.10. The van der Waals surface area contributed by atoms with Crippen LogP contribution >= 0.6 is 15.9 Å². The van der Waals surface area contributed by atoms with Gasteiger partial charge in [-0.2, -0.15) is 0 Å². The molecule has 0 N–H and O–H groups in total. The zero-order valence-corrected chi connectivity index (χ0v) is 14.5. The number of halogens is 1. The summed E-state index contributed by atoms with van der Waals surface area (Å²) in [5, 5.41) is 11.1. The van der Waals surface area contributed by atoms with Crippen molar-refractivity contribution in [3.63, 3.8) is 0 Å². The van der Waals surface area contributed by atoms with Gasteiger partial charge in [0.05, 0.1) is 12.0 Å². The van der Waals surface area contributed by atoms with Gasteiger partial charge in [0.25, 0.3) is 0 Å². The van der Waals surface area contributed by atoms with E-state index in [0.29, 0.717) is 16.0 Å². The number of nitro groups is 1. The molecule has 0 fully saturated rings. The summed E-state index contributed by atoms with van der Waals surface area (Å²) < 4.78 is 16.1. The quantitative estimate of drug-likeness (QED) is 0.415. The number of hydrogen-bond donors (Lipinski definition) is 0. The van der Waals surface area contributed by atoms with E-state index in [0.717, 1.165) is 0 Å². The summed E-state index contributed by atoms with van der Waals surface area (Å²) in [5.41, 5.74) is -0.149. The number of carbonyl (C=O) groups excluding carboxylic acids is 1. The highest BCUT2D eigenvalue weighted by Crippen LogP contribution is 2.34. The first kappa shape index (κ1) is 17.7. The maximum Gasteiger partial charge on any atom is 0.346 e. The summed E-state index contributed by atoms with van der Waals surface area (Å²) in [5.74, 6) is 0.490. The molecule has 2 rings (SSSR count). The van der Waals surface area contributed by atoms with E-state index in [1.165, 1.54) is 19.2 Å². The van der Waals surface area contributed by atoms with E-state index in [-0.39, 0.29) is 11.4 Å². The predicted molar refractivity (Wildman–Crippen MR) is 89.4 cm³/mol. The van der Waals surface area contributed by atoms with E-state index in [1.807, 2.05) is 0 Å². The van der Waals surface area contributed by atoms with Crippen LogP contribution in [0.25, 0.3) is 0 Å². The molecule has 7 nitrogen and oxygen atoms in total. The molecule has 0 heterocycles. The molecule has 0 saturated carbocycles. The van der Waals surface area contributed by atoms with Crippen LogP contribution in [0.3, 0.4) is 0 Å². The Labute approximate surface area is 146 Å². The molecule has 0 aliphatic heterocycles. The average molecular weight is 396 g/mol. The molecule has 126 valence electrons. The molecule has 0 bridgehead atoms. The van der Waals surface area contributed by atoms with E-state index in [1.54, 1.807) is 37.3 Å². The fourth-order valence-corrected chi connectivity index (χ4v) is 2.20. The molecule has 0 aliphatic rings. The van der Waals surface area contributed by atoms with Gasteiger partial charge in [0.2, 0.25) is 5.75 Å². The molecule has 2 aromatic rings. The second-order valence-electron chi connectivity index (χ2n) is 4.73. The monoisotopic (exact) mass is 395 g/mol. The second kappa shape index (κ2) is 7.78. The molecule has 1 unspecified atom stereocenters. The lowest BCUT2D eigenvalue weighted by molar-refractivity contribution is -0.385. The Kier molecular flexibility index (Phi) is 5.75. The fraction of sp³-hybridized carbons (Fsp3) is 0.188. The Morgan fingerprint density at radius 2 is 1.79 bits per heavy atom. The van der Waals surface area contributed by atoms with Crippen molar-refractivity contribution >= 4 is 27.6 Å². The van der Waals surface area contributed by atoms with Gasteiger partial charge in [-0.3, -0.25) is 10.1 Å². The smallest absolute Gasteiger partial charge is 0.346 e. The van der Waals surface area contributed by atoms with E-state index < -0.39 is 17.0 Å². The van der Waals surface area contributed by atoms with Gasteiger partial charge in [-0.25, -0.2) is 4.79 Å². The number of benzene rings is 2. The molecule has 8 heteroatoms. The summed E-state index contributed by atoms with van der Waals surface area (Å²) in [4.78, 5) is 21.9. The molecule has 0 spiro atoms. The Morgan fingerprint density at radius 1 is 1.17 bits per heavy atom. The van der Waals surface area contributed by atoms with Gasteiger partial charge >= 0.3 is 11.7 Å². The molecule has 0 saturated heterocycles. The normalized spacial score (nSPS) is 11.5. The first-order valence-electron chi connectivity index (χ1n) is 6.87. The number of methoxy groups -OCH3 is 1. The highest BCUT2D eigenvalue weighted by Gasteiger charge is 2.17. The Hall–Kier alpha value is -2.61. The minimum Gasteiger partial charge on any atom is -0.479 e. The van der Waals surface area contributed by atoms with Gasteiger partial charge in [0, 0.05) is 10.5 Å². The van der Waals surface area contributed by atoms with E-state index in [2.05, 4.69) is 20.7 Å². The molecular formula is C16H14BrNO6. The summed E-state index contributed by atoms with van der Waals surface area (Å²) >= 11 is 3.19. The van der Waals surface area contributed by atoms with Crippen molar-refractivity contribution in [1.82, 2.24) is 0 Å². The lowest BCUT2D eigenvalue weighted by atomic mass is 10.3. The fourth-order valence-electron chi connectivity index (χ4n) is 1.85. The van der Waals surface area contributed by atoms with Crippen molar-refractivity contribution in [1.29, 1.82) is 0 Å². The first-order valence-corrected chi connectivity index (χ1v) is 7.66. The number of rotatable bonds is 6. The Bertz CT molecular complexity index is 747. The molecule has 24 heavy (non-hydrogen) atoms. The van der Waals surface area contributed by atoms with Crippen molar-refractivity contribution in [3.8, 4) is 17.2 Å². The number of hydrogen-bond acceptors (Lipinski definition) is 6. The Balaban J connectivity index is 2.12. The minimum atomic E-state index is -0.741. The second-order valence-corrected chi connectivity index (χ2v) is 5.64. The van der Waals surface area contributed by atoms with Crippen LogP contribution < -0.4 is 9.47 Å². The third kappa shape index (κ3) is 4.45. The van der Waals surface area contributed by atoms with Gasteiger partial charge in [-0.1, -0.05) is 15.9 Å². The first-order chi connectivity index (χ1) is 11.4. The summed E-state index contributed by atoms with van der Waals surface area (Å²) in [6, 6.07) is 10.9. The van der Waals surface area contributed by atoms with Crippen molar-refractivity contribution in [2.75, 3.05) is 7.11 Å². The number of carbonyl (C=O) groups is 1. The van der Waals surface area contributed by atoms with E-state index in [9.17, 15) is 14.9 Å². The van der Waals surface area contributed by atoms with Crippen LogP contribution in [0.5, 0.6) is 17.2 Å². The molecule has 0 aliphatic carbocycles. The molecule has 1 atom stereocenters. The number of ether oxygens (including phenoxy) is 3. The highest BCUT2D eigenvalue weighted by atomic mass is 79.9. The number of esters is 1. The predicted octanol–water partition coefficient (Wildman–Crippen LogP) is 4.09. The van der Waals surface area contributed by atoms with Crippen molar-refractivity contribution in [3.05, 3.63) is 57.1 Å². The molecule has 0 aromatic heterocycles. The van der Waals surface area contributed by atoms with Crippen LogP contribution in [-0.4, -0.2) is 24.1 Å². The van der Waals surface area contributed by atoms with Gasteiger partial charge in [-0.05, 0) is 43.3 Å². The summed E-state index contributed by atoms with van der Waals surface area (Å²) in [6.45, 7) is 1.57. The summed E-state index contributed by atoms with van der Waals surface area (Å²) in [7, 11) is 1.28. The lowest BCUT2D eigenvalue weighted by Crippen LogP contribution is -2.24. The van der Waals surface area contributed by atoms with Gasteiger partial charge in [0.15, 0.2) is 6.10 Å². The molecular weight excluding hydrogens is 382 g/mol. The minimum absolute atomic E-state index is 0.125. The number of nitro benzene ring substituents is 1. The largest absolute Gasteiger partial charge is 0.479 e. The maximum atomic E-state index is 11.3. The zero-order chi connectivity index (χ0) is 17.7. The SMILES string of the molecule is COC(=O)C(C)Oc1ccc(Oc2ccc(Br)cc2[N+](=O)[O-])cc1. The third-order valence-electron chi connectivity index (χ3n) is 3.02. The van der Waals surface area contributed by atoms with E-state index >= 15 is 0 Å². The topological polar surface area (TPSA) is 87.9 Å². The van der Waals surface area contributed by atoms with Crippen LogP contribution in [0, 0.1) is 10.1 Å². The molecule has 2 aromatic carbocycles. The van der Waals surface area contributed by atoms with Crippen LogP contribution in [0.2, 0.25) is 0 Å².